The molecule has 4 nitrogen and oxygen atoms in total. The molecule has 0 bridgehead atoms. The van der Waals surface area contributed by atoms with E-state index >= 15 is 0 Å². The lowest BCUT2D eigenvalue weighted by molar-refractivity contribution is -0.123. The van der Waals surface area contributed by atoms with Crippen molar-refractivity contribution >= 4 is 29.7 Å². The van der Waals surface area contributed by atoms with Gasteiger partial charge in [-0.05, 0) is 56.8 Å². The van der Waals surface area contributed by atoms with Gasteiger partial charge in [0.05, 0.1) is 12.1 Å². The summed E-state index contributed by atoms with van der Waals surface area (Å²) in [5.74, 6) is 0.170. The first-order valence-corrected chi connectivity index (χ1v) is 8.51. The first-order valence-electron chi connectivity index (χ1n) is 7.63. The van der Waals surface area contributed by atoms with E-state index in [1.54, 1.807) is 11.3 Å². The minimum atomic E-state index is 0. The summed E-state index contributed by atoms with van der Waals surface area (Å²) >= 11 is 1.79. The summed E-state index contributed by atoms with van der Waals surface area (Å²) in [5.41, 5.74) is 0. The molecule has 118 valence electrons. The lowest BCUT2D eigenvalue weighted by Gasteiger charge is -2.27. The minimum Gasteiger partial charge on any atom is -0.353 e. The molecule has 2 atom stereocenters. The molecule has 2 aliphatic rings. The van der Waals surface area contributed by atoms with Crippen LogP contribution in [0.2, 0.25) is 0 Å². The molecule has 1 amide bonds. The SMILES string of the molecule is Cl.O=C(NCC(c1cccs1)N1CCCC1)C1CCCN1. The van der Waals surface area contributed by atoms with E-state index in [1.165, 1.54) is 17.7 Å². The molecule has 1 aromatic rings. The van der Waals surface area contributed by atoms with Gasteiger partial charge in [0.15, 0.2) is 0 Å². The maximum atomic E-state index is 12.1. The van der Waals surface area contributed by atoms with Crippen molar-refractivity contribution in [3.8, 4) is 0 Å². The van der Waals surface area contributed by atoms with Crippen LogP contribution in [0.5, 0.6) is 0 Å². The van der Waals surface area contributed by atoms with Gasteiger partial charge in [0, 0.05) is 11.4 Å². The van der Waals surface area contributed by atoms with Crippen LogP contribution in [0.4, 0.5) is 0 Å². The fourth-order valence-corrected chi connectivity index (χ4v) is 4.03. The van der Waals surface area contributed by atoms with Crippen LogP contribution in [-0.2, 0) is 4.79 Å². The number of likely N-dealkylation sites (tertiary alicyclic amines) is 1. The van der Waals surface area contributed by atoms with Gasteiger partial charge in [-0.3, -0.25) is 9.69 Å². The number of nitrogens with zero attached hydrogens (tertiary/aromatic N) is 1. The maximum absolute atomic E-state index is 12.1. The largest absolute Gasteiger partial charge is 0.353 e. The van der Waals surface area contributed by atoms with E-state index < -0.39 is 0 Å². The number of carbonyl (C=O) groups is 1. The maximum Gasteiger partial charge on any atom is 0.237 e. The van der Waals surface area contributed by atoms with E-state index in [9.17, 15) is 4.79 Å². The molecule has 2 N–H and O–H groups in total. The van der Waals surface area contributed by atoms with Crippen LogP contribution >= 0.6 is 23.7 Å². The average Bonchev–Trinajstić information content (AvgIpc) is 3.22. The van der Waals surface area contributed by atoms with Crippen LogP contribution in [0.25, 0.3) is 0 Å². The molecule has 0 spiro atoms. The summed E-state index contributed by atoms with van der Waals surface area (Å²) in [7, 11) is 0. The van der Waals surface area contributed by atoms with Gasteiger partial charge in [0.25, 0.3) is 0 Å². The molecule has 2 saturated heterocycles. The van der Waals surface area contributed by atoms with E-state index in [1.807, 2.05) is 0 Å². The Morgan fingerprint density at radius 1 is 1.43 bits per heavy atom. The number of carbonyl (C=O) groups excluding carboxylic acids is 1. The second-order valence-corrected chi connectivity index (χ2v) is 6.65. The van der Waals surface area contributed by atoms with Crippen molar-refractivity contribution in [2.24, 2.45) is 0 Å². The van der Waals surface area contributed by atoms with Crippen molar-refractivity contribution in [2.75, 3.05) is 26.2 Å². The standard InChI is InChI=1S/C15H23N3OS.ClH/c19-15(12-5-3-7-16-12)17-11-13(14-6-4-10-20-14)18-8-1-2-9-18;/h4,6,10,12-13,16H,1-3,5,7-9,11H2,(H,17,19);1H. The molecule has 0 aliphatic carbocycles. The number of rotatable bonds is 5. The van der Waals surface area contributed by atoms with Gasteiger partial charge in [0.1, 0.15) is 0 Å². The highest BCUT2D eigenvalue weighted by Crippen LogP contribution is 2.27. The van der Waals surface area contributed by atoms with E-state index in [-0.39, 0.29) is 24.4 Å². The Bertz CT molecular complexity index is 428. The number of thiophene rings is 1. The van der Waals surface area contributed by atoms with Crippen molar-refractivity contribution < 1.29 is 4.79 Å². The smallest absolute Gasteiger partial charge is 0.237 e. The lowest BCUT2D eigenvalue weighted by Crippen LogP contribution is -2.44. The van der Waals surface area contributed by atoms with Crippen LogP contribution in [-0.4, -0.2) is 43.0 Å². The summed E-state index contributed by atoms with van der Waals surface area (Å²) in [6.07, 6.45) is 4.64. The quantitative estimate of drug-likeness (QED) is 0.870. The molecule has 0 aromatic carbocycles. The van der Waals surface area contributed by atoms with Gasteiger partial charge in [0.2, 0.25) is 5.91 Å². The molecule has 0 radical (unpaired) electrons. The highest BCUT2D eigenvalue weighted by molar-refractivity contribution is 7.10. The summed E-state index contributed by atoms with van der Waals surface area (Å²) in [5, 5.41) is 8.54. The minimum absolute atomic E-state index is 0. The molecule has 1 aromatic heterocycles. The summed E-state index contributed by atoms with van der Waals surface area (Å²) in [6, 6.07) is 4.66. The molecular weight excluding hydrogens is 306 g/mol. The summed E-state index contributed by atoms with van der Waals surface area (Å²) < 4.78 is 0. The normalized spacial score (nSPS) is 23.7. The zero-order valence-corrected chi connectivity index (χ0v) is 13.8. The van der Waals surface area contributed by atoms with E-state index in [0.29, 0.717) is 6.04 Å². The van der Waals surface area contributed by atoms with Crippen molar-refractivity contribution in [2.45, 2.75) is 37.8 Å². The first kappa shape index (κ1) is 16.7. The van der Waals surface area contributed by atoms with E-state index in [4.69, 9.17) is 0 Å². The summed E-state index contributed by atoms with van der Waals surface area (Å²) in [4.78, 5) is 16.0. The molecule has 6 heteroatoms. The van der Waals surface area contributed by atoms with Gasteiger partial charge in [-0.1, -0.05) is 6.07 Å². The number of hydrogen-bond acceptors (Lipinski definition) is 4. The Balaban J connectivity index is 0.00000161. The molecule has 2 aliphatic heterocycles. The Morgan fingerprint density at radius 3 is 2.86 bits per heavy atom. The molecule has 21 heavy (non-hydrogen) atoms. The first-order chi connectivity index (χ1) is 9.84. The second-order valence-electron chi connectivity index (χ2n) is 5.67. The third kappa shape index (κ3) is 4.19. The van der Waals surface area contributed by atoms with Crippen molar-refractivity contribution in [3.05, 3.63) is 22.4 Å². The zero-order valence-electron chi connectivity index (χ0n) is 12.2. The van der Waals surface area contributed by atoms with Crippen LogP contribution in [0.1, 0.15) is 36.6 Å². The van der Waals surface area contributed by atoms with Gasteiger partial charge < -0.3 is 10.6 Å². The molecular formula is C15H24ClN3OS. The van der Waals surface area contributed by atoms with Crippen LogP contribution in [0.3, 0.4) is 0 Å². The molecule has 3 rings (SSSR count). The Hall–Kier alpha value is -0.620. The lowest BCUT2D eigenvalue weighted by atomic mass is 10.2. The fourth-order valence-electron chi connectivity index (χ4n) is 3.17. The van der Waals surface area contributed by atoms with Crippen molar-refractivity contribution in [1.29, 1.82) is 0 Å². The van der Waals surface area contributed by atoms with Crippen molar-refractivity contribution in [1.82, 2.24) is 15.5 Å². The average molecular weight is 330 g/mol. The van der Waals surface area contributed by atoms with Gasteiger partial charge in [-0.15, -0.1) is 23.7 Å². The highest BCUT2D eigenvalue weighted by atomic mass is 35.5. The van der Waals surface area contributed by atoms with Crippen molar-refractivity contribution in [3.63, 3.8) is 0 Å². The van der Waals surface area contributed by atoms with Gasteiger partial charge >= 0.3 is 0 Å². The predicted molar refractivity (Wildman–Crippen MR) is 89.1 cm³/mol. The summed E-state index contributed by atoms with van der Waals surface area (Å²) in [6.45, 7) is 4.01. The molecule has 3 heterocycles. The van der Waals surface area contributed by atoms with E-state index in [2.05, 4.69) is 33.0 Å². The Labute approximate surface area is 136 Å². The zero-order chi connectivity index (χ0) is 13.8. The molecule has 2 fully saturated rings. The highest BCUT2D eigenvalue weighted by Gasteiger charge is 2.27. The number of nitrogens with one attached hydrogen (secondary N) is 2. The van der Waals surface area contributed by atoms with Crippen LogP contribution in [0.15, 0.2) is 17.5 Å². The molecule has 2 unspecified atom stereocenters. The Morgan fingerprint density at radius 2 is 2.24 bits per heavy atom. The monoisotopic (exact) mass is 329 g/mol. The Kier molecular flexibility index (Phi) is 6.48. The van der Waals surface area contributed by atoms with Crippen LogP contribution < -0.4 is 10.6 Å². The van der Waals surface area contributed by atoms with E-state index in [0.717, 1.165) is 39.0 Å². The van der Waals surface area contributed by atoms with Gasteiger partial charge in [-0.2, -0.15) is 0 Å². The van der Waals surface area contributed by atoms with Crippen LogP contribution in [0, 0.1) is 0 Å². The topological polar surface area (TPSA) is 44.4 Å². The fraction of sp³-hybridized carbons (Fsp3) is 0.667. The second kappa shape index (κ2) is 8.13. The van der Waals surface area contributed by atoms with Gasteiger partial charge in [-0.25, -0.2) is 0 Å². The number of hydrogen-bond donors (Lipinski definition) is 2. The predicted octanol–water partition coefficient (Wildman–Crippen LogP) is 2.17. The third-order valence-corrected chi connectivity index (χ3v) is 5.27. The number of halogens is 1. The number of amides is 1. The molecule has 0 saturated carbocycles. The third-order valence-electron chi connectivity index (χ3n) is 4.30.